The zero-order valence-corrected chi connectivity index (χ0v) is 29.0. The first-order valence-electron chi connectivity index (χ1n) is 16.1. The molecule has 2 N–H and O–H groups in total. The van der Waals surface area contributed by atoms with E-state index in [1.807, 2.05) is 21.4 Å². The number of fused-ring (bicyclic) bond motifs is 3. The molecular weight excluding hydrogens is 641 g/mol. The maximum atomic E-state index is 6.10. The van der Waals surface area contributed by atoms with Crippen molar-refractivity contribution in [1.29, 1.82) is 0 Å². The van der Waals surface area contributed by atoms with Gasteiger partial charge in [-0.2, -0.15) is 0 Å². The lowest BCUT2D eigenvalue weighted by atomic mass is 9.85. The standard InChI is InChI=1S/C41H34N6S2/c1-26(24-36(48-2)46-22-20-43-40(46)42)27-12-16-29(17-13-27)38-31-8-4-6-10-33(31)39(34-11-7-5-9-32(34)38)30-18-14-28(15-19-30)35-25-37(49-3)47-23-21-44-41(47)45-35/h4-26H,1-3H3,(H2,42,43)/b36-24+. The number of aromatic nitrogens is 5. The highest BCUT2D eigenvalue weighted by molar-refractivity contribution is 8.07. The van der Waals surface area contributed by atoms with E-state index in [4.69, 9.17) is 10.7 Å². The average molecular weight is 675 g/mol. The molecule has 0 bridgehead atoms. The van der Waals surface area contributed by atoms with Crippen molar-refractivity contribution in [3.05, 3.63) is 140 Å². The number of hydrogen-bond acceptors (Lipinski definition) is 6. The van der Waals surface area contributed by atoms with Gasteiger partial charge in [0.05, 0.1) is 15.7 Å². The molecule has 0 fully saturated rings. The summed E-state index contributed by atoms with van der Waals surface area (Å²) in [6.07, 6.45) is 13.8. The molecule has 5 aromatic carbocycles. The Balaban J connectivity index is 1.20. The third-order valence-electron chi connectivity index (χ3n) is 9.18. The van der Waals surface area contributed by atoms with Gasteiger partial charge in [-0.15, -0.1) is 23.5 Å². The summed E-state index contributed by atoms with van der Waals surface area (Å²) in [5.41, 5.74) is 14.2. The maximum Gasteiger partial charge on any atom is 0.235 e. The first-order valence-corrected chi connectivity index (χ1v) is 18.6. The van der Waals surface area contributed by atoms with Crippen molar-refractivity contribution in [3.8, 4) is 33.5 Å². The molecule has 6 nitrogen and oxygen atoms in total. The van der Waals surface area contributed by atoms with E-state index < -0.39 is 0 Å². The van der Waals surface area contributed by atoms with E-state index in [1.165, 1.54) is 49.4 Å². The molecule has 8 heteroatoms. The van der Waals surface area contributed by atoms with Gasteiger partial charge in [0.25, 0.3) is 0 Å². The van der Waals surface area contributed by atoms with Gasteiger partial charge in [0, 0.05) is 36.3 Å². The van der Waals surface area contributed by atoms with E-state index in [0.29, 0.717) is 11.7 Å². The minimum absolute atomic E-state index is 0.196. The van der Waals surface area contributed by atoms with Crippen molar-refractivity contribution in [1.82, 2.24) is 23.9 Å². The zero-order valence-electron chi connectivity index (χ0n) is 27.4. The molecule has 0 aliphatic heterocycles. The number of thioether (sulfide) groups is 2. The van der Waals surface area contributed by atoms with E-state index in [2.05, 4.69) is 139 Å². The number of rotatable bonds is 8. The van der Waals surface area contributed by atoms with Crippen molar-refractivity contribution in [2.45, 2.75) is 17.9 Å². The summed E-state index contributed by atoms with van der Waals surface area (Å²) in [5, 5.41) is 7.10. The summed E-state index contributed by atoms with van der Waals surface area (Å²) in [6, 6.07) is 37.5. The van der Waals surface area contributed by atoms with Crippen molar-refractivity contribution < 1.29 is 0 Å². The predicted octanol–water partition coefficient (Wildman–Crippen LogP) is 10.5. The Morgan fingerprint density at radius 1 is 0.714 bits per heavy atom. The summed E-state index contributed by atoms with van der Waals surface area (Å²) in [4.78, 5) is 13.5. The van der Waals surface area contributed by atoms with Gasteiger partial charge >= 0.3 is 0 Å². The average Bonchev–Trinajstić information content (AvgIpc) is 3.81. The van der Waals surface area contributed by atoms with Crippen LogP contribution in [0.5, 0.6) is 0 Å². The van der Waals surface area contributed by atoms with Gasteiger partial charge in [0.15, 0.2) is 0 Å². The second-order valence-electron chi connectivity index (χ2n) is 12.0. The molecule has 0 aliphatic carbocycles. The number of hydrogen-bond donors (Lipinski definition) is 1. The topological polar surface area (TPSA) is 74.0 Å². The summed E-state index contributed by atoms with van der Waals surface area (Å²) in [5.74, 6) is 1.40. The highest BCUT2D eigenvalue weighted by atomic mass is 32.2. The molecular formula is C41H34N6S2. The van der Waals surface area contributed by atoms with E-state index >= 15 is 0 Å². The van der Waals surface area contributed by atoms with E-state index in [0.717, 1.165) is 21.3 Å². The molecule has 0 saturated carbocycles. The Kier molecular flexibility index (Phi) is 8.19. The molecule has 0 amide bonds. The fraction of sp³-hybridized carbons (Fsp3) is 0.0976. The lowest BCUT2D eigenvalue weighted by molar-refractivity contribution is 0.961. The van der Waals surface area contributed by atoms with Crippen LogP contribution in [0.25, 0.3) is 65.9 Å². The molecule has 0 spiro atoms. The van der Waals surface area contributed by atoms with Gasteiger partial charge in [-0.1, -0.05) is 104 Å². The number of anilines is 1. The van der Waals surface area contributed by atoms with Crippen LogP contribution < -0.4 is 5.73 Å². The Hall–Kier alpha value is -5.31. The van der Waals surface area contributed by atoms with Crippen molar-refractivity contribution >= 4 is 61.8 Å². The Morgan fingerprint density at radius 3 is 1.80 bits per heavy atom. The maximum absolute atomic E-state index is 6.10. The number of benzene rings is 5. The number of allylic oxidation sites excluding steroid dienone is 1. The van der Waals surface area contributed by atoms with Crippen LogP contribution in [0.4, 0.5) is 5.95 Å². The fourth-order valence-electron chi connectivity index (χ4n) is 6.75. The van der Waals surface area contributed by atoms with E-state index in [1.54, 1.807) is 35.9 Å². The van der Waals surface area contributed by atoms with Crippen LogP contribution in [0.3, 0.4) is 0 Å². The van der Waals surface area contributed by atoms with E-state index in [9.17, 15) is 0 Å². The third-order valence-corrected chi connectivity index (χ3v) is 10.7. The molecule has 1 unspecified atom stereocenters. The molecule has 8 rings (SSSR count). The van der Waals surface area contributed by atoms with Gasteiger partial charge in [-0.05, 0) is 74.0 Å². The molecule has 0 saturated heterocycles. The minimum atomic E-state index is 0.196. The summed E-state index contributed by atoms with van der Waals surface area (Å²) >= 11 is 3.36. The number of imidazole rings is 2. The Bertz CT molecular complexity index is 2440. The van der Waals surface area contributed by atoms with Crippen LogP contribution in [0.15, 0.2) is 139 Å². The molecule has 240 valence electrons. The monoisotopic (exact) mass is 674 g/mol. The lowest BCUT2D eigenvalue weighted by Gasteiger charge is -2.18. The van der Waals surface area contributed by atoms with Crippen LogP contribution in [0.1, 0.15) is 18.4 Å². The summed E-state index contributed by atoms with van der Waals surface area (Å²) in [7, 11) is 0. The molecule has 0 radical (unpaired) electrons. The minimum Gasteiger partial charge on any atom is -0.369 e. The predicted molar refractivity (Wildman–Crippen MR) is 209 cm³/mol. The smallest absolute Gasteiger partial charge is 0.235 e. The van der Waals surface area contributed by atoms with Crippen LogP contribution in [0.2, 0.25) is 0 Å². The number of nitrogens with two attached hydrogens (primary N) is 1. The quantitative estimate of drug-likeness (QED) is 0.0982. The number of nitrogen functional groups attached to an aromatic ring is 1. The summed E-state index contributed by atoms with van der Waals surface area (Å²) < 4.78 is 3.95. The van der Waals surface area contributed by atoms with Gasteiger partial charge in [-0.3, -0.25) is 8.97 Å². The van der Waals surface area contributed by atoms with Crippen LogP contribution in [-0.4, -0.2) is 36.4 Å². The fourth-order valence-corrected chi connectivity index (χ4v) is 8.01. The highest BCUT2D eigenvalue weighted by Gasteiger charge is 2.17. The highest BCUT2D eigenvalue weighted by Crippen LogP contribution is 2.44. The van der Waals surface area contributed by atoms with Crippen molar-refractivity contribution in [2.75, 3.05) is 18.2 Å². The SMILES string of the molecule is CS/C(=C/C(C)c1ccc(-c2c3ccccc3c(-c3ccc(-c4cc(SC)n5ccnc5n4)cc3)c3ccccc23)cc1)n1ccnc1N. The largest absolute Gasteiger partial charge is 0.369 e. The normalized spacial score (nSPS) is 12.7. The second-order valence-corrected chi connectivity index (χ2v) is 13.6. The summed E-state index contributed by atoms with van der Waals surface area (Å²) in [6.45, 7) is 2.22. The zero-order chi connectivity index (χ0) is 33.5. The third kappa shape index (κ3) is 5.57. The first-order chi connectivity index (χ1) is 24.0. The van der Waals surface area contributed by atoms with Gasteiger partial charge in [-0.25, -0.2) is 15.0 Å². The Morgan fingerprint density at radius 2 is 1.27 bits per heavy atom. The molecule has 3 aromatic heterocycles. The van der Waals surface area contributed by atoms with Gasteiger partial charge in [0.1, 0.15) is 0 Å². The molecule has 3 heterocycles. The molecule has 1 atom stereocenters. The Labute approximate surface area is 293 Å². The molecule has 8 aromatic rings. The van der Waals surface area contributed by atoms with Gasteiger partial charge in [0.2, 0.25) is 11.7 Å². The lowest BCUT2D eigenvalue weighted by Crippen LogP contribution is -2.01. The second kappa shape index (κ2) is 13.0. The van der Waals surface area contributed by atoms with Crippen molar-refractivity contribution in [3.63, 3.8) is 0 Å². The van der Waals surface area contributed by atoms with Crippen LogP contribution in [-0.2, 0) is 0 Å². The van der Waals surface area contributed by atoms with Crippen LogP contribution in [0, 0.1) is 0 Å². The molecule has 0 aliphatic rings. The van der Waals surface area contributed by atoms with E-state index in [-0.39, 0.29) is 5.92 Å². The van der Waals surface area contributed by atoms with Gasteiger partial charge < -0.3 is 5.73 Å². The first kappa shape index (κ1) is 31.0. The molecule has 49 heavy (non-hydrogen) atoms. The van der Waals surface area contributed by atoms with Crippen molar-refractivity contribution in [2.24, 2.45) is 0 Å². The number of nitrogens with zero attached hydrogens (tertiary/aromatic N) is 5. The van der Waals surface area contributed by atoms with Crippen LogP contribution >= 0.6 is 23.5 Å².